The van der Waals surface area contributed by atoms with Gasteiger partial charge in [-0.2, -0.15) is 0 Å². The fourth-order valence-corrected chi connectivity index (χ4v) is 5.04. The van der Waals surface area contributed by atoms with Gasteiger partial charge in [-0.15, -0.1) is 0 Å². The molecule has 1 aliphatic rings. The van der Waals surface area contributed by atoms with Crippen molar-refractivity contribution in [2.75, 3.05) is 0 Å². The average Bonchev–Trinajstić information content (AvgIpc) is 2.85. The lowest BCUT2D eigenvalue weighted by atomic mass is 9.78. The number of halogens is 1. The topological polar surface area (TPSA) is 0 Å². The third-order valence-electron chi connectivity index (χ3n) is 7.27. The minimum atomic E-state index is -0.0872. The third-order valence-corrected chi connectivity index (χ3v) is 7.27. The van der Waals surface area contributed by atoms with E-state index >= 15 is 0 Å². The second-order valence-corrected chi connectivity index (χ2v) is 9.99. The van der Waals surface area contributed by atoms with Gasteiger partial charge in [-0.25, -0.2) is 4.39 Å². The van der Waals surface area contributed by atoms with Crippen molar-refractivity contribution >= 4 is 0 Å². The summed E-state index contributed by atoms with van der Waals surface area (Å²) in [6.07, 6.45) is 16.8. The van der Waals surface area contributed by atoms with E-state index in [1.807, 2.05) is 12.1 Å². The van der Waals surface area contributed by atoms with Crippen LogP contribution in [0.2, 0.25) is 0 Å². The van der Waals surface area contributed by atoms with E-state index in [1.54, 1.807) is 6.07 Å². The molecule has 178 valence electrons. The van der Waals surface area contributed by atoms with Gasteiger partial charge in [0.1, 0.15) is 5.82 Å². The van der Waals surface area contributed by atoms with Crippen LogP contribution in [0.25, 0.3) is 0 Å². The number of aryl methyl sites for hydroxylation is 2. The van der Waals surface area contributed by atoms with Crippen molar-refractivity contribution in [1.82, 2.24) is 0 Å². The van der Waals surface area contributed by atoms with Gasteiger partial charge in [0.05, 0.1) is 0 Å². The standard InChI is InChI=1S/C32H43F/c1-3-5-7-9-11-26-15-20-29(21-16-26)30-22-17-27(18-23-30)13-14-28-19-24-31(32(33)25-28)12-10-8-6-4-2/h15-16,19-21,24-25,27,30H,3-12,17-18,22-23H2,1-2H3/t27-,30-. The molecule has 1 heteroatoms. The van der Waals surface area contributed by atoms with Gasteiger partial charge in [-0.3, -0.25) is 0 Å². The molecule has 0 N–H and O–H groups in total. The fraction of sp³-hybridized carbons (Fsp3) is 0.562. The maximum absolute atomic E-state index is 14.4. The van der Waals surface area contributed by atoms with Crippen LogP contribution in [0.1, 0.15) is 119 Å². The zero-order chi connectivity index (χ0) is 23.3. The Labute approximate surface area is 202 Å². The highest BCUT2D eigenvalue weighted by Gasteiger charge is 2.21. The fourth-order valence-electron chi connectivity index (χ4n) is 5.04. The normalized spacial score (nSPS) is 18.0. The zero-order valence-electron chi connectivity index (χ0n) is 21.0. The molecule has 0 saturated heterocycles. The highest BCUT2D eigenvalue weighted by molar-refractivity contribution is 5.37. The maximum atomic E-state index is 14.4. The first-order valence-electron chi connectivity index (χ1n) is 13.6. The molecule has 0 aliphatic heterocycles. The molecule has 0 unspecified atom stereocenters. The molecule has 2 aromatic rings. The lowest BCUT2D eigenvalue weighted by molar-refractivity contribution is 0.384. The highest BCUT2D eigenvalue weighted by Crippen LogP contribution is 2.35. The zero-order valence-corrected chi connectivity index (χ0v) is 21.0. The molecule has 1 aliphatic carbocycles. The molecule has 0 heterocycles. The first-order chi connectivity index (χ1) is 16.2. The number of unbranched alkanes of at least 4 members (excludes halogenated alkanes) is 6. The van der Waals surface area contributed by atoms with Crippen LogP contribution in [0.15, 0.2) is 42.5 Å². The van der Waals surface area contributed by atoms with Crippen molar-refractivity contribution in [3.05, 3.63) is 70.5 Å². The van der Waals surface area contributed by atoms with Crippen LogP contribution >= 0.6 is 0 Å². The Bertz CT molecular complexity index is 875. The SMILES string of the molecule is CCCCCCc1ccc([C@H]2CC[C@H](C#Cc3ccc(CCCCCC)c(F)c3)CC2)cc1. The Kier molecular flexibility index (Phi) is 11.0. The number of hydrogen-bond acceptors (Lipinski definition) is 0. The van der Waals surface area contributed by atoms with Crippen LogP contribution in [0.4, 0.5) is 4.39 Å². The molecule has 0 atom stereocenters. The molecule has 1 saturated carbocycles. The molecular formula is C32H43F. The van der Waals surface area contributed by atoms with Crippen molar-refractivity contribution in [2.45, 2.75) is 110 Å². The molecule has 0 spiro atoms. The van der Waals surface area contributed by atoms with Gasteiger partial charge >= 0.3 is 0 Å². The second kappa shape index (κ2) is 14.2. The first-order valence-corrected chi connectivity index (χ1v) is 13.6. The number of benzene rings is 2. The second-order valence-electron chi connectivity index (χ2n) is 9.99. The van der Waals surface area contributed by atoms with E-state index in [1.165, 1.54) is 75.3 Å². The minimum absolute atomic E-state index is 0.0872. The summed E-state index contributed by atoms with van der Waals surface area (Å²) in [4.78, 5) is 0. The molecular weight excluding hydrogens is 403 g/mol. The van der Waals surface area contributed by atoms with Gasteiger partial charge in [-0.1, -0.05) is 94.5 Å². The van der Waals surface area contributed by atoms with Crippen LogP contribution in [0.5, 0.6) is 0 Å². The van der Waals surface area contributed by atoms with Crippen LogP contribution in [0, 0.1) is 23.6 Å². The summed E-state index contributed by atoms with van der Waals surface area (Å²) in [5.74, 6) is 7.72. The Morgan fingerprint density at radius 3 is 2.06 bits per heavy atom. The van der Waals surface area contributed by atoms with Crippen molar-refractivity contribution in [2.24, 2.45) is 5.92 Å². The lowest BCUT2D eigenvalue weighted by Crippen LogP contribution is -2.12. The summed E-state index contributed by atoms with van der Waals surface area (Å²) in [5, 5.41) is 0. The molecule has 0 amide bonds. The smallest absolute Gasteiger partial charge is 0.127 e. The lowest BCUT2D eigenvalue weighted by Gasteiger charge is -2.26. The molecule has 0 aromatic heterocycles. The first kappa shape index (κ1) is 25.6. The summed E-state index contributed by atoms with van der Waals surface area (Å²) in [5.41, 5.74) is 4.63. The Hall–Kier alpha value is -2.07. The van der Waals surface area contributed by atoms with E-state index < -0.39 is 0 Å². The maximum Gasteiger partial charge on any atom is 0.127 e. The van der Waals surface area contributed by atoms with Crippen molar-refractivity contribution in [1.29, 1.82) is 0 Å². The molecule has 2 aromatic carbocycles. The summed E-state index contributed by atoms with van der Waals surface area (Å²) >= 11 is 0. The summed E-state index contributed by atoms with van der Waals surface area (Å²) in [6, 6.07) is 15.0. The van der Waals surface area contributed by atoms with Crippen molar-refractivity contribution < 1.29 is 4.39 Å². The van der Waals surface area contributed by atoms with Gasteiger partial charge in [0.25, 0.3) is 0 Å². The number of hydrogen-bond donors (Lipinski definition) is 0. The average molecular weight is 447 g/mol. The van der Waals surface area contributed by atoms with E-state index in [2.05, 4.69) is 50.0 Å². The van der Waals surface area contributed by atoms with E-state index in [0.717, 1.165) is 36.8 Å². The predicted octanol–water partition coefficient (Wildman–Crippen LogP) is 9.40. The number of rotatable bonds is 11. The quantitative estimate of drug-likeness (QED) is 0.238. The highest BCUT2D eigenvalue weighted by atomic mass is 19.1. The van der Waals surface area contributed by atoms with Crippen molar-refractivity contribution in [3.63, 3.8) is 0 Å². The molecule has 3 rings (SSSR count). The van der Waals surface area contributed by atoms with Gasteiger partial charge in [0, 0.05) is 11.5 Å². The molecule has 0 radical (unpaired) electrons. The van der Waals surface area contributed by atoms with Gasteiger partial charge < -0.3 is 0 Å². The van der Waals surface area contributed by atoms with Crippen LogP contribution in [-0.4, -0.2) is 0 Å². The summed E-state index contributed by atoms with van der Waals surface area (Å²) in [7, 11) is 0. The Morgan fingerprint density at radius 2 is 1.42 bits per heavy atom. The predicted molar refractivity (Wildman–Crippen MR) is 140 cm³/mol. The third kappa shape index (κ3) is 8.66. The summed E-state index contributed by atoms with van der Waals surface area (Å²) in [6.45, 7) is 4.47. The van der Waals surface area contributed by atoms with Crippen molar-refractivity contribution in [3.8, 4) is 11.8 Å². The van der Waals surface area contributed by atoms with Gasteiger partial charge in [0.2, 0.25) is 0 Å². The Morgan fingerprint density at radius 1 is 0.758 bits per heavy atom. The van der Waals surface area contributed by atoms with E-state index in [0.29, 0.717) is 11.8 Å². The van der Waals surface area contributed by atoms with E-state index in [9.17, 15) is 4.39 Å². The minimum Gasteiger partial charge on any atom is -0.207 e. The van der Waals surface area contributed by atoms with Gasteiger partial charge in [0.15, 0.2) is 0 Å². The molecule has 1 fully saturated rings. The van der Waals surface area contributed by atoms with E-state index in [-0.39, 0.29) is 5.82 Å². The largest absolute Gasteiger partial charge is 0.207 e. The summed E-state index contributed by atoms with van der Waals surface area (Å²) < 4.78 is 14.4. The van der Waals surface area contributed by atoms with Crippen LogP contribution in [0.3, 0.4) is 0 Å². The Balaban J connectivity index is 1.45. The molecule has 33 heavy (non-hydrogen) atoms. The molecule has 0 bridgehead atoms. The van der Waals surface area contributed by atoms with Crippen LogP contribution in [-0.2, 0) is 12.8 Å². The van der Waals surface area contributed by atoms with Crippen LogP contribution < -0.4 is 0 Å². The van der Waals surface area contributed by atoms with E-state index in [4.69, 9.17) is 0 Å². The monoisotopic (exact) mass is 446 g/mol. The molecule has 0 nitrogen and oxygen atoms in total. The van der Waals surface area contributed by atoms with Gasteiger partial charge in [-0.05, 0) is 86.1 Å².